The molecule has 2 aliphatic heterocycles. The number of fused-ring (bicyclic) bond motifs is 1. The molecular formula is C11H17N5O2. The number of amides is 1. The number of aromatic amines is 1. The minimum atomic E-state index is -0.174. The van der Waals surface area contributed by atoms with Gasteiger partial charge in [-0.15, -0.1) is 0 Å². The van der Waals surface area contributed by atoms with Crippen LogP contribution in [-0.2, 0) is 17.7 Å². The highest BCUT2D eigenvalue weighted by Crippen LogP contribution is 2.18. The molecule has 7 nitrogen and oxygen atoms in total. The summed E-state index contributed by atoms with van der Waals surface area (Å²) in [5.41, 5.74) is 0. The minimum Gasteiger partial charge on any atom is -0.447 e. The van der Waals surface area contributed by atoms with Crippen LogP contribution in [-0.4, -0.2) is 63.4 Å². The topological polar surface area (TPSA) is 74.4 Å². The molecule has 2 aliphatic rings. The second kappa shape index (κ2) is 4.56. The number of ether oxygens (including phenoxy) is 1. The molecule has 1 amide bonds. The first kappa shape index (κ1) is 11.5. The SMILES string of the molecule is CCc1n[nH]c(CN2CCN3C(=O)OC[C@H]3C2)n1. The molecule has 1 aromatic rings. The summed E-state index contributed by atoms with van der Waals surface area (Å²) < 4.78 is 5.04. The maximum atomic E-state index is 11.4. The third-order valence-corrected chi connectivity index (χ3v) is 3.47. The van der Waals surface area contributed by atoms with E-state index < -0.39 is 0 Å². The highest BCUT2D eigenvalue weighted by molar-refractivity contribution is 5.70. The number of aryl methyl sites for hydroxylation is 1. The van der Waals surface area contributed by atoms with Gasteiger partial charge in [0.05, 0.1) is 12.6 Å². The monoisotopic (exact) mass is 251 g/mol. The lowest BCUT2D eigenvalue weighted by Gasteiger charge is -2.34. The van der Waals surface area contributed by atoms with Gasteiger partial charge in [0.2, 0.25) is 0 Å². The fraction of sp³-hybridized carbons (Fsp3) is 0.727. The number of carbonyl (C=O) groups is 1. The van der Waals surface area contributed by atoms with Crippen molar-refractivity contribution in [1.29, 1.82) is 0 Å². The van der Waals surface area contributed by atoms with E-state index in [9.17, 15) is 4.79 Å². The second-order valence-electron chi connectivity index (χ2n) is 4.71. The van der Waals surface area contributed by atoms with Crippen molar-refractivity contribution in [1.82, 2.24) is 25.0 Å². The zero-order chi connectivity index (χ0) is 12.5. The Bertz CT molecular complexity index is 446. The van der Waals surface area contributed by atoms with E-state index in [1.54, 1.807) is 0 Å². The normalized spacial score (nSPS) is 24.2. The first-order chi connectivity index (χ1) is 8.76. The molecule has 0 spiro atoms. The number of hydrogen-bond donors (Lipinski definition) is 1. The third-order valence-electron chi connectivity index (χ3n) is 3.47. The van der Waals surface area contributed by atoms with Gasteiger partial charge >= 0.3 is 6.09 Å². The standard InChI is InChI=1S/C11H17N5O2/c1-2-9-12-10(14-13-9)6-15-3-4-16-8(5-15)7-18-11(16)17/h8H,2-7H2,1H3,(H,12,13,14)/t8-/m1/s1. The minimum absolute atomic E-state index is 0.174. The summed E-state index contributed by atoms with van der Waals surface area (Å²) in [5.74, 6) is 1.74. The van der Waals surface area contributed by atoms with Crippen molar-refractivity contribution >= 4 is 6.09 Å². The van der Waals surface area contributed by atoms with Gasteiger partial charge in [-0.05, 0) is 0 Å². The number of aromatic nitrogens is 3. The van der Waals surface area contributed by atoms with Crippen molar-refractivity contribution in [3.63, 3.8) is 0 Å². The lowest BCUT2D eigenvalue weighted by molar-refractivity contribution is 0.114. The molecule has 18 heavy (non-hydrogen) atoms. The predicted octanol–water partition coefficient (Wildman–Crippen LogP) is 0.00350. The average Bonchev–Trinajstić information content (AvgIpc) is 2.97. The molecule has 2 fully saturated rings. The maximum Gasteiger partial charge on any atom is 0.410 e. The molecule has 3 rings (SSSR count). The summed E-state index contributed by atoms with van der Waals surface area (Å²) in [7, 11) is 0. The Hall–Kier alpha value is -1.63. The van der Waals surface area contributed by atoms with Gasteiger partial charge in [0.15, 0.2) is 0 Å². The molecule has 0 saturated carbocycles. The van der Waals surface area contributed by atoms with E-state index in [0.717, 1.165) is 44.2 Å². The van der Waals surface area contributed by atoms with Gasteiger partial charge in [-0.25, -0.2) is 9.78 Å². The number of cyclic esters (lactones) is 1. The fourth-order valence-corrected chi connectivity index (χ4v) is 2.47. The highest BCUT2D eigenvalue weighted by Gasteiger charge is 2.37. The van der Waals surface area contributed by atoms with E-state index in [-0.39, 0.29) is 12.1 Å². The van der Waals surface area contributed by atoms with Crippen LogP contribution in [0.3, 0.4) is 0 Å². The summed E-state index contributed by atoms with van der Waals surface area (Å²) in [4.78, 5) is 19.9. The summed E-state index contributed by atoms with van der Waals surface area (Å²) >= 11 is 0. The third kappa shape index (κ3) is 2.05. The number of rotatable bonds is 3. The molecule has 0 unspecified atom stereocenters. The number of piperazine rings is 1. The second-order valence-corrected chi connectivity index (χ2v) is 4.71. The van der Waals surface area contributed by atoms with Crippen molar-refractivity contribution in [3.05, 3.63) is 11.6 Å². The Morgan fingerprint density at radius 2 is 2.39 bits per heavy atom. The van der Waals surface area contributed by atoms with Crippen LogP contribution in [0.15, 0.2) is 0 Å². The molecule has 1 aromatic heterocycles. The molecule has 0 bridgehead atoms. The Morgan fingerprint density at radius 1 is 1.50 bits per heavy atom. The summed E-state index contributed by atoms with van der Waals surface area (Å²) in [5, 5.41) is 7.08. The van der Waals surface area contributed by atoms with Crippen LogP contribution in [0.25, 0.3) is 0 Å². The molecule has 98 valence electrons. The molecule has 0 aliphatic carbocycles. The van der Waals surface area contributed by atoms with Gasteiger partial charge < -0.3 is 4.74 Å². The number of nitrogens with zero attached hydrogens (tertiary/aromatic N) is 4. The van der Waals surface area contributed by atoms with Crippen molar-refractivity contribution in [2.24, 2.45) is 0 Å². The zero-order valence-corrected chi connectivity index (χ0v) is 10.4. The Labute approximate surface area is 105 Å². The van der Waals surface area contributed by atoms with Crippen LogP contribution in [0.2, 0.25) is 0 Å². The average molecular weight is 251 g/mol. The van der Waals surface area contributed by atoms with Gasteiger partial charge in [0.25, 0.3) is 0 Å². The van der Waals surface area contributed by atoms with Gasteiger partial charge in [-0.3, -0.25) is 14.9 Å². The molecule has 0 radical (unpaired) electrons. The highest BCUT2D eigenvalue weighted by atomic mass is 16.6. The van der Waals surface area contributed by atoms with Crippen LogP contribution < -0.4 is 0 Å². The molecule has 2 saturated heterocycles. The van der Waals surface area contributed by atoms with Crippen LogP contribution >= 0.6 is 0 Å². The van der Waals surface area contributed by atoms with E-state index >= 15 is 0 Å². The van der Waals surface area contributed by atoms with Crippen LogP contribution in [0, 0.1) is 0 Å². The summed E-state index contributed by atoms with van der Waals surface area (Å²) in [6, 6.07) is 0.194. The Kier molecular flexibility index (Phi) is 2.91. The van der Waals surface area contributed by atoms with Gasteiger partial charge in [0, 0.05) is 26.1 Å². The quantitative estimate of drug-likeness (QED) is 0.818. The zero-order valence-electron chi connectivity index (χ0n) is 10.4. The van der Waals surface area contributed by atoms with Gasteiger partial charge in [-0.1, -0.05) is 6.92 Å². The van der Waals surface area contributed by atoms with E-state index in [1.807, 2.05) is 11.8 Å². The lowest BCUT2D eigenvalue weighted by Crippen LogP contribution is -2.51. The fourth-order valence-electron chi connectivity index (χ4n) is 2.47. The largest absolute Gasteiger partial charge is 0.447 e. The van der Waals surface area contributed by atoms with Crippen molar-refractivity contribution < 1.29 is 9.53 Å². The maximum absolute atomic E-state index is 11.4. The molecule has 1 atom stereocenters. The van der Waals surface area contributed by atoms with E-state index in [1.165, 1.54) is 0 Å². The summed E-state index contributed by atoms with van der Waals surface area (Å²) in [6.45, 7) is 5.73. The Morgan fingerprint density at radius 3 is 3.17 bits per heavy atom. The van der Waals surface area contributed by atoms with Crippen LogP contribution in [0.1, 0.15) is 18.6 Å². The van der Waals surface area contributed by atoms with E-state index in [2.05, 4.69) is 20.1 Å². The molecule has 7 heteroatoms. The summed E-state index contributed by atoms with van der Waals surface area (Å²) in [6.07, 6.45) is 0.669. The molecular weight excluding hydrogens is 234 g/mol. The van der Waals surface area contributed by atoms with Crippen molar-refractivity contribution in [2.45, 2.75) is 25.9 Å². The van der Waals surface area contributed by atoms with E-state index in [0.29, 0.717) is 6.61 Å². The lowest BCUT2D eigenvalue weighted by atomic mass is 10.2. The first-order valence-electron chi connectivity index (χ1n) is 6.32. The van der Waals surface area contributed by atoms with Crippen LogP contribution in [0.5, 0.6) is 0 Å². The van der Waals surface area contributed by atoms with Crippen molar-refractivity contribution in [2.75, 3.05) is 26.2 Å². The molecule has 3 heterocycles. The number of nitrogens with one attached hydrogen (secondary N) is 1. The predicted molar refractivity (Wildman–Crippen MR) is 62.9 cm³/mol. The van der Waals surface area contributed by atoms with Crippen molar-refractivity contribution in [3.8, 4) is 0 Å². The number of hydrogen-bond acceptors (Lipinski definition) is 5. The number of H-pyrrole nitrogens is 1. The van der Waals surface area contributed by atoms with E-state index in [4.69, 9.17) is 4.74 Å². The van der Waals surface area contributed by atoms with Gasteiger partial charge in [-0.2, -0.15) is 5.10 Å². The molecule has 0 aromatic carbocycles. The first-order valence-corrected chi connectivity index (χ1v) is 6.32. The van der Waals surface area contributed by atoms with Crippen LogP contribution in [0.4, 0.5) is 4.79 Å². The number of carbonyl (C=O) groups excluding carboxylic acids is 1. The Balaban J connectivity index is 1.60. The molecule has 1 N–H and O–H groups in total. The smallest absolute Gasteiger partial charge is 0.410 e. The van der Waals surface area contributed by atoms with Gasteiger partial charge in [0.1, 0.15) is 18.3 Å².